The SMILES string of the molecule is CCN(CC)c1ccc([C@H](N)CN)o1. The van der Waals surface area contributed by atoms with Gasteiger partial charge in [-0.3, -0.25) is 0 Å². The molecule has 0 aliphatic heterocycles. The molecule has 0 fully saturated rings. The molecule has 0 amide bonds. The first-order chi connectivity index (χ1) is 6.72. The van der Waals surface area contributed by atoms with E-state index in [-0.39, 0.29) is 6.04 Å². The van der Waals surface area contributed by atoms with Crippen molar-refractivity contribution in [3.05, 3.63) is 17.9 Å². The molecule has 4 nitrogen and oxygen atoms in total. The van der Waals surface area contributed by atoms with Crippen LogP contribution in [0.15, 0.2) is 16.5 Å². The van der Waals surface area contributed by atoms with Crippen molar-refractivity contribution in [2.75, 3.05) is 24.5 Å². The second-order valence-corrected chi connectivity index (χ2v) is 3.19. The van der Waals surface area contributed by atoms with E-state index in [2.05, 4.69) is 18.7 Å². The average Bonchev–Trinajstić information content (AvgIpc) is 2.68. The van der Waals surface area contributed by atoms with Gasteiger partial charge in [0.2, 0.25) is 0 Å². The maximum Gasteiger partial charge on any atom is 0.195 e. The number of hydrogen-bond acceptors (Lipinski definition) is 4. The molecule has 0 aliphatic rings. The quantitative estimate of drug-likeness (QED) is 0.741. The van der Waals surface area contributed by atoms with E-state index in [1.165, 1.54) is 0 Å². The second-order valence-electron chi connectivity index (χ2n) is 3.19. The van der Waals surface area contributed by atoms with Crippen molar-refractivity contribution in [3.8, 4) is 0 Å². The van der Waals surface area contributed by atoms with Crippen LogP contribution >= 0.6 is 0 Å². The highest BCUT2D eigenvalue weighted by Gasteiger charge is 2.11. The molecule has 0 radical (unpaired) electrons. The summed E-state index contributed by atoms with van der Waals surface area (Å²) >= 11 is 0. The van der Waals surface area contributed by atoms with Gasteiger partial charge >= 0.3 is 0 Å². The molecule has 1 atom stereocenters. The number of nitrogens with two attached hydrogens (primary N) is 2. The Bertz CT molecular complexity index is 268. The van der Waals surface area contributed by atoms with Crippen molar-refractivity contribution >= 4 is 5.88 Å². The van der Waals surface area contributed by atoms with E-state index >= 15 is 0 Å². The van der Waals surface area contributed by atoms with Crippen LogP contribution in [0.2, 0.25) is 0 Å². The van der Waals surface area contributed by atoms with Crippen LogP contribution in [0, 0.1) is 0 Å². The molecule has 0 aliphatic carbocycles. The molecular formula is C10H19N3O. The van der Waals surface area contributed by atoms with Gasteiger partial charge in [-0.15, -0.1) is 0 Å². The van der Waals surface area contributed by atoms with Gasteiger partial charge in [0.15, 0.2) is 5.88 Å². The lowest BCUT2D eigenvalue weighted by Gasteiger charge is -2.17. The first kappa shape index (κ1) is 11.1. The Morgan fingerprint density at radius 2 is 2.00 bits per heavy atom. The summed E-state index contributed by atoms with van der Waals surface area (Å²) in [6, 6.07) is 3.64. The zero-order valence-corrected chi connectivity index (χ0v) is 8.86. The maximum absolute atomic E-state index is 5.75. The van der Waals surface area contributed by atoms with Crippen LogP contribution in [-0.4, -0.2) is 19.6 Å². The van der Waals surface area contributed by atoms with E-state index in [0.29, 0.717) is 6.54 Å². The normalized spacial score (nSPS) is 12.9. The van der Waals surface area contributed by atoms with Crippen LogP contribution in [0.1, 0.15) is 25.6 Å². The lowest BCUT2D eigenvalue weighted by molar-refractivity contribution is 0.465. The van der Waals surface area contributed by atoms with Gasteiger partial charge in [0.25, 0.3) is 0 Å². The standard InChI is InChI=1S/C10H19N3O/c1-3-13(4-2)10-6-5-9(14-10)8(12)7-11/h5-6,8H,3-4,7,11-12H2,1-2H3/t8-/m1/s1. The number of nitrogens with zero attached hydrogens (tertiary/aromatic N) is 1. The van der Waals surface area contributed by atoms with E-state index in [9.17, 15) is 0 Å². The fraction of sp³-hybridized carbons (Fsp3) is 0.600. The summed E-state index contributed by atoms with van der Waals surface area (Å²) in [6.45, 7) is 6.46. The van der Waals surface area contributed by atoms with Crippen molar-refractivity contribution in [2.45, 2.75) is 19.9 Å². The Kier molecular flexibility index (Phi) is 3.98. The molecule has 0 aromatic carbocycles. The third-order valence-electron chi connectivity index (χ3n) is 2.31. The Labute approximate surface area is 84.9 Å². The molecule has 4 N–H and O–H groups in total. The molecule has 1 aromatic rings. The van der Waals surface area contributed by atoms with Gasteiger partial charge in [0.05, 0.1) is 6.04 Å². The zero-order valence-electron chi connectivity index (χ0n) is 8.86. The molecule has 14 heavy (non-hydrogen) atoms. The van der Waals surface area contributed by atoms with Crippen LogP contribution in [0.4, 0.5) is 5.88 Å². The van der Waals surface area contributed by atoms with Crippen LogP contribution in [0.25, 0.3) is 0 Å². The third kappa shape index (κ3) is 2.27. The van der Waals surface area contributed by atoms with Gasteiger partial charge in [-0.05, 0) is 19.9 Å². The Morgan fingerprint density at radius 3 is 2.50 bits per heavy atom. The number of furan rings is 1. The summed E-state index contributed by atoms with van der Waals surface area (Å²) in [6.07, 6.45) is 0. The predicted molar refractivity (Wildman–Crippen MR) is 58.3 cm³/mol. The summed E-state index contributed by atoms with van der Waals surface area (Å²) in [5.41, 5.74) is 11.2. The summed E-state index contributed by atoms with van der Waals surface area (Å²) in [7, 11) is 0. The Hall–Kier alpha value is -1.00. The van der Waals surface area contributed by atoms with Gasteiger partial charge in [-0.2, -0.15) is 0 Å². The molecule has 0 saturated carbocycles. The number of rotatable bonds is 5. The van der Waals surface area contributed by atoms with Crippen molar-refractivity contribution in [1.29, 1.82) is 0 Å². The third-order valence-corrected chi connectivity index (χ3v) is 2.31. The largest absolute Gasteiger partial charge is 0.444 e. The lowest BCUT2D eigenvalue weighted by Crippen LogP contribution is -2.22. The minimum Gasteiger partial charge on any atom is -0.444 e. The molecule has 0 saturated heterocycles. The average molecular weight is 197 g/mol. The van der Waals surface area contributed by atoms with Crippen molar-refractivity contribution in [3.63, 3.8) is 0 Å². The first-order valence-electron chi connectivity index (χ1n) is 5.03. The molecule has 4 heteroatoms. The van der Waals surface area contributed by atoms with Gasteiger partial charge in [0, 0.05) is 25.7 Å². The second kappa shape index (κ2) is 5.02. The topological polar surface area (TPSA) is 68.4 Å². The molecule has 80 valence electrons. The minimum atomic E-state index is -0.195. The van der Waals surface area contributed by atoms with Gasteiger partial charge in [-0.1, -0.05) is 0 Å². The molecule has 1 aromatic heterocycles. The van der Waals surface area contributed by atoms with Crippen LogP contribution in [-0.2, 0) is 0 Å². The van der Waals surface area contributed by atoms with Crippen LogP contribution < -0.4 is 16.4 Å². The number of anilines is 1. The predicted octanol–water partition coefficient (Wildman–Crippen LogP) is 1.08. The zero-order chi connectivity index (χ0) is 10.6. The highest BCUT2D eigenvalue weighted by atomic mass is 16.4. The smallest absolute Gasteiger partial charge is 0.195 e. The monoisotopic (exact) mass is 197 g/mol. The van der Waals surface area contributed by atoms with E-state index in [1.54, 1.807) is 0 Å². The molecule has 1 heterocycles. The van der Waals surface area contributed by atoms with Gasteiger partial charge < -0.3 is 20.8 Å². The molecule has 0 bridgehead atoms. The summed E-state index contributed by atoms with van der Waals surface area (Å²) in [5, 5.41) is 0. The van der Waals surface area contributed by atoms with E-state index in [1.807, 2.05) is 12.1 Å². The van der Waals surface area contributed by atoms with Crippen molar-refractivity contribution in [2.24, 2.45) is 11.5 Å². The number of hydrogen-bond donors (Lipinski definition) is 2. The van der Waals surface area contributed by atoms with Crippen LogP contribution in [0.5, 0.6) is 0 Å². The molecule has 1 rings (SSSR count). The highest BCUT2D eigenvalue weighted by molar-refractivity contribution is 5.36. The van der Waals surface area contributed by atoms with Crippen molar-refractivity contribution < 1.29 is 4.42 Å². The molecule has 0 spiro atoms. The van der Waals surface area contributed by atoms with E-state index in [4.69, 9.17) is 15.9 Å². The summed E-state index contributed by atoms with van der Waals surface area (Å²) in [4.78, 5) is 2.13. The Morgan fingerprint density at radius 1 is 1.36 bits per heavy atom. The minimum absolute atomic E-state index is 0.195. The van der Waals surface area contributed by atoms with Crippen molar-refractivity contribution in [1.82, 2.24) is 0 Å². The first-order valence-corrected chi connectivity index (χ1v) is 5.03. The Balaban J connectivity index is 2.76. The highest BCUT2D eigenvalue weighted by Crippen LogP contribution is 2.21. The summed E-state index contributed by atoms with van der Waals surface area (Å²) < 4.78 is 5.60. The molecule has 0 unspecified atom stereocenters. The maximum atomic E-state index is 5.75. The fourth-order valence-electron chi connectivity index (χ4n) is 1.36. The van der Waals surface area contributed by atoms with Crippen LogP contribution in [0.3, 0.4) is 0 Å². The van der Waals surface area contributed by atoms with E-state index < -0.39 is 0 Å². The lowest BCUT2D eigenvalue weighted by atomic mass is 10.2. The van der Waals surface area contributed by atoms with Gasteiger partial charge in [0.1, 0.15) is 5.76 Å². The van der Waals surface area contributed by atoms with Gasteiger partial charge in [-0.25, -0.2) is 0 Å². The molecular weight excluding hydrogens is 178 g/mol. The summed E-state index contributed by atoms with van der Waals surface area (Å²) in [5.74, 6) is 1.63. The van der Waals surface area contributed by atoms with E-state index in [0.717, 1.165) is 24.7 Å². The fourth-order valence-corrected chi connectivity index (χ4v) is 1.36.